The molecule has 3 nitrogen and oxygen atoms in total. The van der Waals surface area contributed by atoms with Crippen LogP contribution >= 0.6 is 11.3 Å². The predicted octanol–water partition coefficient (Wildman–Crippen LogP) is 1.76. The first-order valence-corrected chi connectivity index (χ1v) is 8.31. The van der Waals surface area contributed by atoms with Gasteiger partial charge in [-0.15, -0.1) is 11.3 Å². The van der Waals surface area contributed by atoms with Crippen LogP contribution in [0.4, 0.5) is 0 Å². The third kappa shape index (κ3) is 3.42. The quantitative estimate of drug-likeness (QED) is 0.841. The Labute approximate surface area is 125 Å². The zero-order chi connectivity index (χ0) is 13.8. The summed E-state index contributed by atoms with van der Waals surface area (Å²) < 4.78 is 0. The summed E-state index contributed by atoms with van der Waals surface area (Å²) in [6.45, 7) is 6.00. The summed E-state index contributed by atoms with van der Waals surface area (Å²) in [4.78, 5) is 7.72. The van der Waals surface area contributed by atoms with Crippen molar-refractivity contribution in [2.75, 3.05) is 32.8 Å². The molecular formula is C16H22N2OS. The van der Waals surface area contributed by atoms with Crippen LogP contribution in [0.15, 0.2) is 12.1 Å². The summed E-state index contributed by atoms with van der Waals surface area (Å²) in [5.41, 5.74) is 0. The second kappa shape index (κ2) is 6.73. The van der Waals surface area contributed by atoms with Crippen LogP contribution in [-0.4, -0.2) is 53.7 Å². The van der Waals surface area contributed by atoms with Crippen molar-refractivity contribution < 1.29 is 5.11 Å². The predicted molar refractivity (Wildman–Crippen MR) is 82.8 cm³/mol. The highest BCUT2D eigenvalue weighted by molar-refractivity contribution is 7.12. The van der Waals surface area contributed by atoms with Gasteiger partial charge in [0, 0.05) is 24.0 Å². The Hall–Kier alpha value is -0.860. The first-order valence-electron chi connectivity index (χ1n) is 7.50. The van der Waals surface area contributed by atoms with E-state index < -0.39 is 0 Å². The van der Waals surface area contributed by atoms with E-state index in [-0.39, 0.29) is 6.61 Å². The van der Waals surface area contributed by atoms with E-state index in [0.717, 1.165) is 17.5 Å². The second-order valence-electron chi connectivity index (χ2n) is 5.65. The average molecular weight is 290 g/mol. The van der Waals surface area contributed by atoms with Crippen LogP contribution in [0.25, 0.3) is 0 Å². The Kier molecular flexibility index (Phi) is 4.74. The normalized spacial score (nSPS) is 23.9. The minimum atomic E-state index is -0.0587. The third-order valence-electron chi connectivity index (χ3n) is 4.22. The minimum absolute atomic E-state index is 0.0587. The molecule has 4 heteroatoms. The van der Waals surface area contributed by atoms with E-state index in [4.69, 9.17) is 5.11 Å². The number of nitrogens with zero attached hydrogens (tertiary/aromatic N) is 2. The average Bonchev–Trinajstić information content (AvgIpc) is 3.03. The van der Waals surface area contributed by atoms with Crippen molar-refractivity contribution in [2.24, 2.45) is 0 Å². The topological polar surface area (TPSA) is 26.7 Å². The highest BCUT2D eigenvalue weighted by Crippen LogP contribution is 2.24. The molecule has 108 valence electrons. The molecular weight excluding hydrogens is 268 g/mol. The Bertz CT molecular complexity index is 502. The first-order chi connectivity index (χ1) is 9.85. The molecule has 3 rings (SSSR count). The van der Waals surface area contributed by atoms with Crippen LogP contribution in [0.2, 0.25) is 0 Å². The Morgan fingerprint density at radius 1 is 1.25 bits per heavy atom. The summed E-state index contributed by atoms with van der Waals surface area (Å²) in [5, 5.41) is 8.73. The molecule has 20 heavy (non-hydrogen) atoms. The van der Waals surface area contributed by atoms with Crippen LogP contribution in [0, 0.1) is 11.8 Å². The fraction of sp³-hybridized carbons (Fsp3) is 0.625. The smallest absolute Gasteiger partial charge is 0.104 e. The number of rotatable bonds is 2. The lowest BCUT2D eigenvalue weighted by Gasteiger charge is -2.25. The van der Waals surface area contributed by atoms with Gasteiger partial charge in [0.1, 0.15) is 6.61 Å². The summed E-state index contributed by atoms with van der Waals surface area (Å²) in [6, 6.07) is 5.04. The first kappa shape index (κ1) is 14.1. The van der Waals surface area contributed by atoms with Crippen LogP contribution < -0.4 is 0 Å². The van der Waals surface area contributed by atoms with Crippen LogP contribution in [0.5, 0.6) is 0 Å². The molecule has 1 aromatic rings. The van der Waals surface area contributed by atoms with Gasteiger partial charge in [-0.2, -0.15) is 0 Å². The molecule has 0 saturated carbocycles. The molecule has 0 radical (unpaired) electrons. The molecule has 1 atom stereocenters. The summed E-state index contributed by atoms with van der Waals surface area (Å²) in [5.74, 6) is 5.71. The molecule has 1 unspecified atom stereocenters. The van der Waals surface area contributed by atoms with Crippen molar-refractivity contribution in [1.82, 2.24) is 9.80 Å². The van der Waals surface area contributed by atoms with Gasteiger partial charge >= 0.3 is 0 Å². The van der Waals surface area contributed by atoms with Crippen molar-refractivity contribution in [1.29, 1.82) is 0 Å². The Morgan fingerprint density at radius 2 is 2.15 bits per heavy atom. The van der Waals surface area contributed by atoms with E-state index in [1.807, 2.05) is 0 Å². The summed E-state index contributed by atoms with van der Waals surface area (Å²) in [7, 11) is 0. The molecule has 0 spiro atoms. The van der Waals surface area contributed by atoms with E-state index in [9.17, 15) is 0 Å². The molecule has 0 aromatic carbocycles. The minimum Gasteiger partial charge on any atom is -0.384 e. The van der Waals surface area contributed by atoms with Crippen molar-refractivity contribution in [2.45, 2.75) is 31.8 Å². The van der Waals surface area contributed by atoms with E-state index in [1.54, 1.807) is 11.3 Å². The molecule has 2 fully saturated rings. The summed E-state index contributed by atoms with van der Waals surface area (Å²) >= 11 is 1.76. The van der Waals surface area contributed by atoms with Crippen LogP contribution in [0.1, 0.15) is 29.0 Å². The lowest BCUT2D eigenvalue weighted by atomic mass is 10.2. The Morgan fingerprint density at radius 3 is 3.05 bits per heavy atom. The van der Waals surface area contributed by atoms with Crippen molar-refractivity contribution >= 4 is 11.3 Å². The van der Waals surface area contributed by atoms with Gasteiger partial charge in [0.2, 0.25) is 0 Å². The van der Waals surface area contributed by atoms with E-state index in [2.05, 4.69) is 33.8 Å². The van der Waals surface area contributed by atoms with Crippen LogP contribution in [-0.2, 0) is 6.54 Å². The number of fused-ring (bicyclic) bond motifs is 1. The maximum absolute atomic E-state index is 8.73. The van der Waals surface area contributed by atoms with Crippen molar-refractivity contribution in [3.63, 3.8) is 0 Å². The van der Waals surface area contributed by atoms with Crippen molar-refractivity contribution in [3.8, 4) is 11.8 Å². The fourth-order valence-electron chi connectivity index (χ4n) is 3.30. The summed E-state index contributed by atoms with van der Waals surface area (Å²) in [6.07, 6.45) is 4.03. The monoisotopic (exact) mass is 290 g/mol. The highest BCUT2D eigenvalue weighted by Gasteiger charge is 2.28. The SMILES string of the molecule is OCC#Cc1ccc(CN2CCCN3CCCC3C2)s1. The van der Waals surface area contributed by atoms with E-state index in [0.29, 0.717) is 0 Å². The number of hydrogen-bond donors (Lipinski definition) is 1. The molecule has 2 saturated heterocycles. The number of aliphatic hydroxyl groups excluding tert-OH is 1. The maximum atomic E-state index is 8.73. The molecule has 1 aromatic heterocycles. The number of hydrogen-bond acceptors (Lipinski definition) is 4. The lowest BCUT2D eigenvalue weighted by Crippen LogP contribution is -2.36. The van der Waals surface area contributed by atoms with E-state index in [1.165, 1.54) is 50.3 Å². The maximum Gasteiger partial charge on any atom is 0.104 e. The van der Waals surface area contributed by atoms with Gasteiger partial charge in [-0.1, -0.05) is 11.8 Å². The lowest BCUT2D eigenvalue weighted by molar-refractivity contribution is 0.216. The van der Waals surface area contributed by atoms with Gasteiger partial charge in [-0.25, -0.2) is 0 Å². The van der Waals surface area contributed by atoms with Gasteiger partial charge in [0.25, 0.3) is 0 Å². The zero-order valence-electron chi connectivity index (χ0n) is 11.8. The third-order valence-corrected chi connectivity index (χ3v) is 5.20. The molecule has 0 aliphatic carbocycles. The molecule has 3 heterocycles. The number of thiophene rings is 1. The Balaban J connectivity index is 1.60. The standard InChI is InChI=1S/C16H22N2OS/c19-11-2-5-15-6-7-16(20-15)13-17-8-3-10-18-9-1-4-14(18)12-17/h6-7,14,19H,1,3-4,8-13H2. The molecule has 0 amide bonds. The molecule has 2 aliphatic rings. The highest BCUT2D eigenvalue weighted by atomic mass is 32.1. The van der Waals surface area contributed by atoms with Gasteiger partial charge in [-0.05, 0) is 51.0 Å². The van der Waals surface area contributed by atoms with Gasteiger partial charge in [0.05, 0.1) is 4.88 Å². The second-order valence-corrected chi connectivity index (χ2v) is 6.81. The largest absolute Gasteiger partial charge is 0.384 e. The van der Waals surface area contributed by atoms with Gasteiger partial charge < -0.3 is 5.11 Å². The molecule has 2 aliphatic heterocycles. The van der Waals surface area contributed by atoms with Crippen molar-refractivity contribution in [3.05, 3.63) is 21.9 Å². The van der Waals surface area contributed by atoms with Gasteiger partial charge in [0.15, 0.2) is 0 Å². The van der Waals surface area contributed by atoms with E-state index >= 15 is 0 Å². The van der Waals surface area contributed by atoms with Gasteiger partial charge in [-0.3, -0.25) is 9.80 Å². The molecule has 0 bridgehead atoms. The number of aliphatic hydroxyl groups is 1. The van der Waals surface area contributed by atoms with Crippen LogP contribution in [0.3, 0.4) is 0 Å². The molecule has 1 N–H and O–H groups in total. The fourth-order valence-corrected chi connectivity index (χ4v) is 4.23. The zero-order valence-corrected chi connectivity index (χ0v) is 12.7.